The van der Waals surface area contributed by atoms with Crippen molar-refractivity contribution in [3.05, 3.63) is 92.4 Å². The van der Waals surface area contributed by atoms with Crippen LogP contribution in [-0.4, -0.2) is 5.11 Å². The van der Waals surface area contributed by atoms with Crippen molar-refractivity contribution in [2.45, 2.75) is 26.2 Å². The molecule has 0 saturated carbocycles. The number of anilines is 4. The molecule has 212 valence electrons. The van der Waals surface area contributed by atoms with Crippen LogP contribution in [0.25, 0.3) is 39.5 Å². The van der Waals surface area contributed by atoms with Gasteiger partial charge in [-0.1, -0.05) is 12.7 Å². The van der Waals surface area contributed by atoms with Crippen LogP contribution in [0.1, 0.15) is 30.9 Å². The Morgan fingerprint density at radius 1 is 0.707 bits per heavy atom. The standard InChI is InChI=1S/C32H30I4N4O/c1-3-18-9-19(12-25(36)32(18)40)29-23(34)11-21(14-27(29)38)31-24(35)10-20(13-28(31)39)30-22(33)7-17(8-26(30)37)6-4-5-16(2)15-41/h3,7-15,41H,1,4-6,37-40H2,2H3/b16-15+. The molecule has 0 aliphatic heterocycles. The van der Waals surface area contributed by atoms with Crippen LogP contribution in [0.5, 0.6) is 0 Å². The van der Waals surface area contributed by atoms with E-state index in [1.54, 1.807) is 6.08 Å². The average molecular weight is 994 g/mol. The molecule has 0 amide bonds. The van der Waals surface area contributed by atoms with E-state index in [-0.39, 0.29) is 0 Å². The summed E-state index contributed by atoms with van der Waals surface area (Å²) < 4.78 is 4.07. The Labute approximate surface area is 295 Å². The second-order valence-corrected chi connectivity index (χ2v) is 14.5. The lowest BCUT2D eigenvalue weighted by Gasteiger charge is -2.18. The number of nitrogens with two attached hydrogens (primary N) is 4. The Hall–Kier alpha value is -1.72. The molecule has 41 heavy (non-hydrogen) atoms. The Balaban J connectivity index is 1.71. The second-order valence-electron chi connectivity index (χ2n) is 9.88. The summed E-state index contributed by atoms with van der Waals surface area (Å²) in [6.45, 7) is 5.83. The maximum atomic E-state index is 9.13. The van der Waals surface area contributed by atoms with E-state index in [9.17, 15) is 0 Å². The van der Waals surface area contributed by atoms with Gasteiger partial charge in [0.1, 0.15) is 0 Å². The minimum atomic E-state index is 0.663. The van der Waals surface area contributed by atoms with E-state index in [0.717, 1.165) is 83.7 Å². The summed E-state index contributed by atoms with van der Waals surface area (Å²) in [6, 6.07) is 16.5. The highest BCUT2D eigenvalue weighted by molar-refractivity contribution is 14.1. The number of aliphatic hydroxyl groups is 1. The number of aryl methyl sites for hydroxylation is 1. The molecule has 0 aliphatic carbocycles. The van der Waals surface area contributed by atoms with Crippen LogP contribution in [-0.2, 0) is 6.42 Å². The van der Waals surface area contributed by atoms with Crippen LogP contribution in [0.3, 0.4) is 0 Å². The van der Waals surface area contributed by atoms with Crippen LogP contribution in [0.15, 0.2) is 66.9 Å². The van der Waals surface area contributed by atoms with Crippen LogP contribution < -0.4 is 22.9 Å². The van der Waals surface area contributed by atoms with Crippen molar-refractivity contribution in [2.75, 3.05) is 22.9 Å². The van der Waals surface area contributed by atoms with Gasteiger partial charge < -0.3 is 28.0 Å². The number of hydrogen-bond acceptors (Lipinski definition) is 5. The highest BCUT2D eigenvalue weighted by atomic mass is 127. The van der Waals surface area contributed by atoms with Crippen molar-refractivity contribution in [3.63, 3.8) is 0 Å². The molecule has 9 heteroatoms. The van der Waals surface area contributed by atoms with Gasteiger partial charge in [0.2, 0.25) is 0 Å². The van der Waals surface area contributed by atoms with Gasteiger partial charge in [0.05, 0.1) is 11.9 Å². The summed E-state index contributed by atoms with van der Waals surface area (Å²) in [5, 5.41) is 9.13. The first-order chi connectivity index (χ1) is 19.4. The number of benzene rings is 4. The van der Waals surface area contributed by atoms with Crippen LogP contribution in [0.2, 0.25) is 0 Å². The topological polar surface area (TPSA) is 124 Å². The molecule has 0 unspecified atom stereocenters. The molecule has 4 aromatic carbocycles. The van der Waals surface area contributed by atoms with E-state index in [1.165, 1.54) is 11.8 Å². The van der Waals surface area contributed by atoms with E-state index in [0.29, 0.717) is 17.1 Å². The fourth-order valence-corrected chi connectivity index (χ4v) is 8.46. The number of allylic oxidation sites excluding steroid dienone is 1. The van der Waals surface area contributed by atoms with Crippen LogP contribution in [0.4, 0.5) is 22.7 Å². The van der Waals surface area contributed by atoms with Crippen LogP contribution >= 0.6 is 90.4 Å². The third-order valence-electron chi connectivity index (χ3n) is 6.93. The lowest BCUT2D eigenvalue weighted by atomic mass is 9.94. The van der Waals surface area contributed by atoms with E-state index in [4.69, 9.17) is 28.0 Å². The highest BCUT2D eigenvalue weighted by Gasteiger charge is 2.18. The minimum Gasteiger partial charge on any atom is -0.516 e. The zero-order chi connectivity index (χ0) is 30.0. The van der Waals surface area contributed by atoms with Gasteiger partial charge in [0.25, 0.3) is 0 Å². The molecule has 5 nitrogen and oxygen atoms in total. The monoisotopic (exact) mass is 994 g/mol. The van der Waals surface area contributed by atoms with Crippen molar-refractivity contribution in [3.8, 4) is 33.4 Å². The molecule has 0 saturated heterocycles. The first-order valence-electron chi connectivity index (χ1n) is 12.7. The second kappa shape index (κ2) is 13.7. The molecule has 0 aromatic heterocycles. The van der Waals surface area contributed by atoms with Crippen LogP contribution in [0, 0.1) is 14.3 Å². The zero-order valence-corrected chi connectivity index (χ0v) is 31.0. The van der Waals surface area contributed by atoms with Gasteiger partial charge in [-0.05, 0) is 198 Å². The molecule has 0 aliphatic rings. The molecule has 0 atom stereocenters. The smallest absolute Gasteiger partial charge is 0.0780 e. The molecule has 0 bridgehead atoms. The summed E-state index contributed by atoms with van der Waals surface area (Å²) in [5.41, 5.74) is 37.8. The Bertz CT molecular complexity index is 1630. The van der Waals surface area contributed by atoms with Gasteiger partial charge in [-0.15, -0.1) is 0 Å². The SMILES string of the molecule is C=Cc1cc(-c2c(N)cc(-c3c(N)cc(-c4c(N)cc(CCC/C(C)=C/O)cc4I)cc3I)cc2I)cc(I)c1N. The quantitative estimate of drug-likeness (QED) is 0.0684. The van der Waals surface area contributed by atoms with E-state index in [1.807, 2.05) is 37.3 Å². The maximum absolute atomic E-state index is 9.13. The Kier molecular flexibility index (Phi) is 10.8. The first-order valence-corrected chi connectivity index (χ1v) is 17.0. The molecule has 0 heterocycles. The number of hydrogen-bond donors (Lipinski definition) is 5. The first kappa shape index (κ1) is 32.2. The number of halogens is 4. The largest absolute Gasteiger partial charge is 0.516 e. The van der Waals surface area contributed by atoms with E-state index < -0.39 is 0 Å². The predicted molar refractivity (Wildman–Crippen MR) is 211 cm³/mol. The van der Waals surface area contributed by atoms with Crippen molar-refractivity contribution in [1.82, 2.24) is 0 Å². The average Bonchev–Trinajstić information content (AvgIpc) is 2.89. The molecular weight excluding hydrogens is 964 g/mol. The lowest BCUT2D eigenvalue weighted by Crippen LogP contribution is -2.01. The highest BCUT2D eigenvalue weighted by Crippen LogP contribution is 2.43. The molecular formula is C32H30I4N4O. The van der Waals surface area contributed by atoms with Gasteiger partial charge in [0, 0.05) is 48.0 Å². The molecule has 9 N–H and O–H groups in total. The van der Waals surface area contributed by atoms with Gasteiger partial charge >= 0.3 is 0 Å². The predicted octanol–water partition coefficient (Wildman–Crippen LogP) is 9.86. The number of aliphatic hydroxyl groups excluding tert-OH is 1. The fourth-order valence-electron chi connectivity index (χ4n) is 4.88. The molecule has 4 aromatic rings. The minimum absolute atomic E-state index is 0.663. The number of rotatable bonds is 8. The van der Waals surface area contributed by atoms with Crippen molar-refractivity contribution in [1.29, 1.82) is 0 Å². The van der Waals surface area contributed by atoms with E-state index >= 15 is 0 Å². The van der Waals surface area contributed by atoms with Gasteiger partial charge in [-0.3, -0.25) is 0 Å². The van der Waals surface area contributed by atoms with Gasteiger partial charge in [-0.25, -0.2) is 0 Å². The van der Waals surface area contributed by atoms with Crippen molar-refractivity contribution >= 4 is 119 Å². The lowest BCUT2D eigenvalue weighted by molar-refractivity contribution is 0.463. The maximum Gasteiger partial charge on any atom is 0.0780 e. The Morgan fingerprint density at radius 2 is 1.17 bits per heavy atom. The van der Waals surface area contributed by atoms with Crippen molar-refractivity contribution in [2.24, 2.45) is 0 Å². The molecule has 0 radical (unpaired) electrons. The summed E-state index contributed by atoms with van der Waals surface area (Å²) in [4.78, 5) is 0. The zero-order valence-electron chi connectivity index (χ0n) is 22.4. The summed E-state index contributed by atoms with van der Waals surface area (Å²) >= 11 is 9.27. The third kappa shape index (κ3) is 7.09. The fraction of sp³-hybridized carbons (Fsp3) is 0.125. The summed E-state index contributed by atoms with van der Waals surface area (Å²) in [6.07, 6.45) is 5.64. The molecule has 4 rings (SSSR count). The summed E-state index contributed by atoms with van der Waals surface area (Å²) in [5.74, 6) is 0. The normalized spacial score (nSPS) is 11.6. The molecule has 0 fully saturated rings. The van der Waals surface area contributed by atoms with E-state index in [2.05, 4.69) is 115 Å². The third-order valence-corrected chi connectivity index (χ3v) is 10.4. The van der Waals surface area contributed by atoms with Gasteiger partial charge in [-0.2, -0.15) is 0 Å². The van der Waals surface area contributed by atoms with Crippen molar-refractivity contribution < 1.29 is 5.11 Å². The summed E-state index contributed by atoms with van der Waals surface area (Å²) in [7, 11) is 0. The molecule has 0 spiro atoms. The van der Waals surface area contributed by atoms with Gasteiger partial charge in [0.15, 0.2) is 0 Å². The number of nitrogen functional groups attached to an aromatic ring is 4. The Morgan fingerprint density at radius 3 is 1.63 bits per heavy atom.